The van der Waals surface area contributed by atoms with Crippen LogP contribution in [-0.4, -0.2) is 7.11 Å². The van der Waals surface area contributed by atoms with Gasteiger partial charge in [-0.05, 0) is 5.69 Å². The molecule has 0 unspecified atom stereocenters. The molecule has 1 radical (unpaired) electrons. The molecule has 0 amide bonds. The summed E-state index contributed by atoms with van der Waals surface area (Å²) in [6.07, 6.45) is 0. The van der Waals surface area contributed by atoms with Gasteiger partial charge < -0.3 is 10.2 Å². The summed E-state index contributed by atoms with van der Waals surface area (Å²) in [4.78, 5) is 0. The Morgan fingerprint density at radius 3 is 2.82 bits per heavy atom. The van der Waals surface area contributed by atoms with E-state index in [9.17, 15) is 0 Å². The van der Waals surface area contributed by atoms with Crippen LogP contribution in [0.5, 0.6) is 5.75 Å². The Morgan fingerprint density at radius 2 is 2.36 bits per heavy atom. The van der Waals surface area contributed by atoms with Crippen LogP contribution >= 0.6 is 0 Å². The molecule has 0 heterocycles. The summed E-state index contributed by atoms with van der Waals surface area (Å²) in [6.45, 7) is 0. The standard InChI is InChI=1S/C7H9N2O.Co/c1-10-7-5-3-2-4-6(7)9-8;/h3-5,9H,8H2,1H3;/q-1;. The third-order valence-electron chi connectivity index (χ3n) is 1.20. The van der Waals surface area contributed by atoms with Crippen molar-refractivity contribution in [3.8, 4) is 5.75 Å². The Balaban J connectivity index is 0.000001000. The Hall–Kier alpha value is -0.714. The number of nitrogen functional groups attached to an aromatic ring is 1. The zero-order valence-electron chi connectivity index (χ0n) is 6.05. The second-order valence-electron chi connectivity index (χ2n) is 1.77. The first kappa shape index (κ1) is 10.3. The minimum absolute atomic E-state index is 0. The molecule has 0 spiro atoms. The van der Waals surface area contributed by atoms with Crippen molar-refractivity contribution in [2.24, 2.45) is 5.84 Å². The van der Waals surface area contributed by atoms with Gasteiger partial charge in [0.05, 0.1) is 7.11 Å². The normalized spacial score (nSPS) is 8.18. The molecule has 0 aromatic heterocycles. The fraction of sp³-hybridized carbons (Fsp3) is 0.143. The van der Waals surface area contributed by atoms with E-state index in [2.05, 4.69) is 11.5 Å². The largest absolute Gasteiger partial charge is 0.520 e. The van der Waals surface area contributed by atoms with Crippen molar-refractivity contribution in [2.45, 2.75) is 0 Å². The number of hydrogen-bond donors (Lipinski definition) is 2. The van der Waals surface area contributed by atoms with Gasteiger partial charge in [-0.3, -0.25) is 5.84 Å². The van der Waals surface area contributed by atoms with Crippen molar-refractivity contribution in [1.82, 2.24) is 0 Å². The van der Waals surface area contributed by atoms with Gasteiger partial charge in [0.25, 0.3) is 0 Å². The summed E-state index contributed by atoms with van der Waals surface area (Å²) < 4.78 is 4.97. The van der Waals surface area contributed by atoms with E-state index in [1.165, 1.54) is 0 Å². The molecule has 3 N–H and O–H groups in total. The predicted octanol–water partition coefficient (Wildman–Crippen LogP) is 0.778. The second-order valence-corrected chi connectivity index (χ2v) is 1.77. The first-order valence-electron chi connectivity index (χ1n) is 2.89. The monoisotopic (exact) mass is 196 g/mol. The zero-order valence-corrected chi connectivity index (χ0v) is 7.09. The smallest absolute Gasteiger partial charge is 0.0744 e. The molecule has 4 heteroatoms. The Bertz CT molecular complexity index is 194. The van der Waals surface area contributed by atoms with Crippen LogP contribution in [0.25, 0.3) is 0 Å². The van der Waals surface area contributed by atoms with E-state index in [1.54, 1.807) is 25.3 Å². The molecule has 0 aliphatic carbocycles. The van der Waals surface area contributed by atoms with Crippen LogP contribution in [0.4, 0.5) is 5.69 Å². The average molecular weight is 196 g/mol. The fourth-order valence-electron chi connectivity index (χ4n) is 0.707. The summed E-state index contributed by atoms with van der Waals surface area (Å²) in [5.41, 5.74) is 3.23. The van der Waals surface area contributed by atoms with E-state index in [0.29, 0.717) is 0 Å². The third-order valence-corrected chi connectivity index (χ3v) is 1.20. The van der Waals surface area contributed by atoms with E-state index in [-0.39, 0.29) is 16.8 Å². The number of hydrazine groups is 1. The Morgan fingerprint density at radius 1 is 1.64 bits per heavy atom. The van der Waals surface area contributed by atoms with Crippen LogP contribution in [0.2, 0.25) is 0 Å². The number of methoxy groups -OCH3 is 1. The van der Waals surface area contributed by atoms with Crippen molar-refractivity contribution in [3.05, 3.63) is 24.3 Å². The zero-order chi connectivity index (χ0) is 7.40. The fourth-order valence-corrected chi connectivity index (χ4v) is 0.707. The summed E-state index contributed by atoms with van der Waals surface area (Å²) in [5.74, 6) is 5.90. The maximum atomic E-state index is 5.18. The van der Waals surface area contributed by atoms with Crippen molar-refractivity contribution >= 4 is 5.69 Å². The van der Waals surface area contributed by atoms with E-state index < -0.39 is 0 Å². The van der Waals surface area contributed by atoms with Crippen molar-refractivity contribution in [3.63, 3.8) is 0 Å². The molecular formula is C7H9CoN2O-. The van der Waals surface area contributed by atoms with Crippen LogP contribution in [0.1, 0.15) is 0 Å². The molecule has 0 atom stereocenters. The summed E-state index contributed by atoms with van der Waals surface area (Å²) in [7, 11) is 1.59. The summed E-state index contributed by atoms with van der Waals surface area (Å²) in [5, 5.41) is 0. The molecule has 0 aliphatic rings. The molecule has 1 aromatic rings. The van der Waals surface area contributed by atoms with Gasteiger partial charge in [0.15, 0.2) is 0 Å². The van der Waals surface area contributed by atoms with Gasteiger partial charge in [-0.2, -0.15) is 12.1 Å². The number of nitrogens with two attached hydrogens (primary N) is 1. The number of nitrogens with one attached hydrogen (secondary N) is 1. The molecule has 0 bridgehead atoms. The molecule has 1 rings (SSSR count). The minimum atomic E-state index is 0. The van der Waals surface area contributed by atoms with E-state index >= 15 is 0 Å². The van der Waals surface area contributed by atoms with Gasteiger partial charge in [-0.15, -0.1) is 12.1 Å². The van der Waals surface area contributed by atoms with Crippen LogP contribution in [0.15, 0.2) is 18.2 Å². The number of rotatable bonds is 2. The first-order valence-corrected chi connectivity index (χ1v) is 2.89. The van der Waals surface area contributed by atoms with Gasteiger partial charge in [-0.1, -0.05) is 0 Å². The van der Waals surface area contributed by atoms with Crippen molar-refractivity contribution < 1.29 is 21.5 Å². The molecule has 0 aliphatic heterocycles. The summed E-state index contributed by atoms with van der Waals surface area (Å²) >= 11 is 0. The number of ether oxygens (including phenoxy) is 1. The van der Waals surface area contributed by atoms with Crippen LogP contribution < -0.4 is 16.0 Å². The topological polar surface area (TPSA) is 47.3 Å². The van der Waals surface area contributed by atoms with Crippen LogP contribution in [0, 0.1) is 6.07 Å². The average Bonchev–Trinajstić information content (AvgIpc) is 2.04. The van der Waals surface area contributed by atoms with Crippen molar-refractivity contribution in [1.29, 1.82) is 0 Å². The van der Waals surface area contributed by atoms with E-state index in [1.807, 2.05) is 0 Å². The molecule has 1 aromatic carbocycles. The van der Waals surface area contributed by atoms with Gasteiger partial charge in [0.2, 0.25) is 0 Å². The first-order chi connectivity index (χ1) is 4.88. The van der Waals surface area contributed by atoms with Gasteiger partial charge in [-0.25, -0.2) is 0 Å². The number of anilines is 1. The molecule has 11 heavy (non-hydrogen) atoms. The molecule has 0 fully saturated rings. The van der Waals surface area contributed by atoms with Crippen LogP contribution in [0.3, 0.4) is 0 Å². The van der Waals surface area contributed by atoms with Gasteiger partial charge in [0.1, 0.15) is 0 Å². The minimum Gasteiger partial charge on any atom is -0.520 e. The molecular weight excluding hydrogens is 187 g/mol. The van der Waals surface area contributed by atoms with Crippen LogP contribution in [-0.2, 0) is 16.8 Å². The number of hydrogen-bond acceptors (Lipinski definition) is 3. The quantitative estimate of drug-likeness (QED) is 0.417. The second kappa shape index (κ2) is 5.01. The number of benzene rings is 1. The molecule has 63 valence electrons. The van der Waals surface area contributed by atoms with Gasteiger partial charge in [0, 0.05) is 22.5 Å². The van der Waals surface area contributed by atoms with Gasteiger partial charge >= 0.3 is 0 Å². The molecule has 3 nitrogen and oxygen atoms in total. The summed E-state index contributed by atoms with van der Waals surface area (Å²) in [6, 6.07) is 8.14. The maximum absolute atomic E-state index is 5.18. The predicted molar refractivity (Wildman–Crippen MR) is 39.6 cm³/mol. The SMILES string of the molecule is COc1cc[c-]cc1NN.[Co]. The molecule has 0 saturated heterocycles. The van der Waals surface area contributed by atoms with E-state index in [4.69, 9.17) is 10.6 Å². The van der Waals surface area contributed by atoms with Crippen molar-refractivity contribution in [2.75, 3.05) is 12.5 Å². The molecule has 0 saturated carbocycles. The van der Waals surface area contributed by atoms with E-state index in [0.717, 1.165) is 11.4 Å². The third kappa shape index (κ3) is 2.42. The Kier molecular flexibility index (Phi) is 4.68. The maximum Gasteiger partial charge on any atom is 0.0744 e. The Labute approximate surface area is 76.1 Å².